The van der Waals surface area contributed by atoms with Crippen molar-refractivity contribution in [1.82, 2.24) is 10.1 Å². The van der Waals surface area contributed by atoms with Crippen LogP contribution in [0, 0.1) is 20.8 Å². The molecule has 24 heavy (non-hydrogen) atoms. The molecule has 1 aromatic heterocycles. The van der Waals surface area contributed by atoms with E-state index in [4.69, 9.17) is 9.26 Å². The van der Waals surface area contributed by atoms with Crippen molar-refractivity contribution in [2.75, 3.05) is 13.7 Å². The molecule has 0 bridgehead atoms. The van der Waals surface area contributed by atoms with Crippen LogP contribution in [0.2, 0.25) is 0 Å². The molecule has 0 fully saturated rings. The molecule has 1 N–H and O–H groups in total. The average Bonchev–Trinajstić information content (AvgIpc) is 2.91. The minimum atomic E-state index is -1.13. The van der Waals surface area contributed by atoms with E-state index in [1.807, 2.05) is 32.9 Å². The van der Waals surface area contributed by atoms with Crippen molar-refractivity contribution in [3.8, 4) is 5.75 Å². The molecule has 1 unspecified atom stereocenters. The number of rotatable bonds is 7. The fraction of sp³-hybridized carbons (Fsp3) is 0.471. The number of aryl methyl sites for hydroxylation is 3. The molecule has 0 saturated heterocycles. The minimum Gasteiger partial charge on any atom is -0.544 e. The summed E-state index contributed by atoms with van der Waals surface area (Å²) in [5.74, 6) is 0.581. The predicted molar refractivity (Wildman–Crippen MR) is 84.5 cm³/mol. The number of methoxy groups -OCH3 is 1. The molecule has 2 atom stereocenters. The van der Waals surface area contributed by atoms with E-state index in [-0.39, 0.29) is 0 Å². The Hall–Kier alpha value is -2.41. The van der Waals surface area contributed by atoms with Gasteiger partial charge in [-0.3, -0.25) is 0 Å². The first-order valence-electron chi connectivity index (χ1n) is 7.87. The lowest BCUT2D eigenvalue weighted by atomic mass is 9.99. The summed E-state index contributed by atoms with van der Waals surface area (Å²) in [7, 11) is 1.60. The Kier molecular flexibility index (Phi) is 5.56. The van der Waals surface area contributed by atoms with Gasteiger partial charge in [-0.05, 0) is 44.0 Å². The van der Waals surface area contributed by atoms with E-state index in [0.717, 1.165) is 21.8 Å². The fourth-order valence-electron chi connectivity index (χ4n) is 3.06. The lowest BCUT2D eigenvalue weighted by Crippen LogP contribution is -3.12. The maximum Gasteiger partial charge on any atom is 0.226 e. The van der Waals surface area contributed by atoms with E-state index in [9.17, 15) is 9.90 Å². The number of carbonyl (C=O) groups is 1. The normalized spacial score (nSPS) is 13.5. The maximum absolute atomic E-state index is 11.8. The summed E-state index contributed by atoms with van der Waals surface area (Å²) in [6.45, 7) is 8.34. The Morgan fingerprint density at radius 2 is 1.96 bits per heavy atom. The highest BCUT2D eigenvalue weighted by Crippen LogP contribution is 2.26. The van der Waals surface area contributed by atoms with Gasteiger partial charge in [0.25, 0.3) is 0 Å². The first-order chi connectivity index (χ1) is 11.4. The third kappa shape index (κ3) is 3.73. The van der Waals surface area contributed by atoms with Crippen LogP contribution < -0.4 is 14.7 Å². The summed E-state index contributed by atoms with van der Waals surface area (Å²) in [6, 6.07) is 2.85. The second-order valence-electron chi connectivity index (χ2n) is 5.86. The molecule has 0 aliphatic carbocycles. The topological polar surface area (TPSA) is 92.7 Å². The van der Waals surface area contributed by atoms with E-state index in [0.29, 0.717) is 30.4 Å². The fourth-order valence-corrected chi connectivity index (χ4v) is 3.06. The number of aliphatic carboxylic acids is 1. The highest BCUT2D eigenvalue weighted by atomic mass is 16.5. The van der Waals surface area contributed by atoms with Gasteiger partial charge < -0.3 is 24.1 Å². The number of benzene rings is 1. The third-order valence-corrected chi connectivity index (χ3v) is 4.07. The second kappa shape index (κ2) is 7.44. The quantitative estimate of drug-likeness (QED) is 0.761. The van der Waals surface area contributed by atoms with Gasteiger partial charge in [0.2, 0.25) is 11.7 Å². The number of carboxylic acids is 1. The van der Waals surface area contributed by atoms with Gasteiger partial charge in [-0.1, -0.05) is 5.16 Å². The van der Waals surface area contributed by atoms with Crippen molar-refractivity contribution in [1.29, 1.82) is 0 Å². The molecular weight excluding hydrogens is 310 g/mol. The van der Waals surface area contributed by atoms with E-state index in [1.165, 1.54) is 0 Å². The molecule has 0 amide bonds. The van der Waals surface area contributed by atoms with Crippen LogP contribution in [-0.4, -0.2) is 29.8 Å². The second-order valence-corrected chi connectivity index (χ2v) is 5.86. The molecule has 0 saturated carbocycles. The molecule has 0 spiro atoms. The van der Waals surface area contributed by atoms with E-state index < -0.39 is 12.0 Å². The van der Waals surface area contributed by atoms with Crippen LogP contribution in [0.4, 0.5) is 0 Å². The Bertz CT molecular complexity index is 703. The van der Waals surface area contributed by atoms with Crippen molar-refractivity contribution in [3.05, 3.63) is 40.5 Å². The number of hydrogen-bond donors (Lipinski definition) is 1. The third-order valence-electron chi connectivity index (χ3n) is 4.07. The molecule has 2 rings (SSSR count). The largest absolute Gasteiger partial charge is 0.544 e. The highest BCUT2D eigenvalue weighted by Gasteiger charge is 2.27. The number of nitrogens with zero attached hydrogens (tertiary/aromatic N) is 2. The number of quaternary nitrogens is 1. The van der Waals surface area contributed by atoms with Crippen LogP contribution in [0.25, 0.3) is 0 Å². The summed E-state index contributed by atoms with van der Waals surface area (Å²) in [5.41, 5.74) is 2.47. The summed E-state index contributed by atoms with van der Waals surface area (Å²) in [5, 5.41) is 15.7. The molecule has 1 aromatic carbocycles. The number of aromatic nitrogens is 2. The molecule has 0 radical (unpaired) electrons. The zero-order valence-electron chi connectivity index (χ0n) is 14.7. The Labute approximate surface area is 141 Å². The van der Waals surface area contributed by atoms with Gasteiger partial charge in [0.15, 0.2) is 6.04 Å². The van der Waals surface area contributed by atoms with Gasteiger partial charge in [-0.25, -0.2) is 0 Å². The van der Waals surface area contributed by atoms with Crippen molar-refractivity contribution < 1.29 is 24.1 Å². The number of likely N-dealkylation sites (N-methyl/N-ethyl adjacent to an activating group) is 1. The highest BCUT2D eigenvalue weighted by molar-refractivity contribution is 5.72. The molecule has 0 aliphatic rings. The van der Waals surface area contributed by atoms with Crippen molar-refractivity contribution in [2.24, 2.45) is 0 Å². The van der Waals surface area contributed by atoms with Crippen LogP contribution in [-0.2, 0) is 11.3 Å². The lowest BCUT2D eigenvalue weighted by molar-refractivity contribution is -0.937. The van der Waals surface area contributed by atoms with Crippen LogP contribution in [0.1, 0.15) is 41.4 Å². The average molecular weight is 333 g/mol. The van der Waals surface area contributed by atoms with Crippen LogP contribution in [0.5, 0.6) is 5.75 Å². The van der Waals surface area contributed by atoms with Crippen LogP contribution >= 0.6 is 0 Å². The zero-order chi connectivity index (χ0) is 17.9. The molecular formula is C17H23N3O4. The van der Waals surface area contributed by atoms with Crippen LogP contribution in [0.3, 0.4) is 0 Å². The Morgan fingerprint density at radius 1 is 1.33 bits per heavy atom. The monoisotopic (exact) mass is 333 g/mol. The standard InChI is InChI=1S/C17H23N3O4/c1-6-20(9-14-18-12(4)24-19-14)15(17(21)22)13-7-10(2)16(23-5)11(3)8-13/h7-8,15H,6,9H2,1-5H3,(H,21,22)/t15-/m1/s1. The van der Waals surface area contributed by atoms with Gasteiger partial charge in [-0.2, -0.15) is 4.98 Å². The molecule has 7 heteroatoms. The minimum absolute atomic E-state index is 0.344. The SMILES string of the molecule is CC[NH+](Cc1noc(C)n1)[C@@H](C(=O)[O-])c1cc(C)c(OC)c(C)c1. The van der Waals surface area contributed by atoms with E-state index >= 15 is 0 Å². The number of carboxylic acid groups (broad SMARTS) is 1. The molecule has 7 nitrogen and oxygen atoms in total. The lowest BCUT2D eigenvalue weighted by Gasteiger charge is -2.28. The van der Waals surface area contributed by atoms with Gasteiger partial charge in [0.1, 0.15) is 18.3 Å². The number of hydrogen-bond acceptors (Lipinski definition) is 6. The van der Waals surface area contributed by atoms with E-state index in [2.05, 4.69) is 10.1 Å². The van der Waals surface area contributed by atoms with Gasteiger partial charge in [0, 0.05) is 12.5 Å². The van der Waals surface area contributed by atoms with Gasteiger partial charge in [-0.15, -0.1) is 0 Å². The Morgan fingerprint density at radius 3 is 2.38 bits per heavy atom. The van der Waals surface area contributed by atoms with Gasteiger partial charge >= 0.3 is 0 Å². The number of carbonyl (C=O) groups excluding carboxylic acids is 1. The summed E-state index contributed by atoms with van der Waals surface area (Å²) >= 11 is 0. The maximum atomic E-state index is 11.8. The summed E-state index contributed by atoms with van der Waals surface area (Å²) < 4.78 is 10.3. The van der Waals surface area contributed by atoms with Crippen LogP contribution in [0.15, 0.2) is 16.7 Å². The number of ether oxygens (including phenoxy) is 1. The molecule has 2 aromatic rings. The van der Waals surface area contributed by atoms with E-state index in [1.54, 1.807) is 14.0 Å². The first kappa shape index (κ1) is 17.9. The van der Waals surface area contributed by atoms with Crippen molar-refractivity contribution in [3.63, 3.8) is 0 Å². The Balaban J connectivity index is 2.38. The van der Waals surface area contributed by atoms with Gasteiger partial charge in [0.05, 0.1) is 13.7 Å². The van der Waals surface area contributed by atoms with Crippen molar-refractivity contribution >= 4 is 5.97 Å². The molecule has 130 valence electrons. The smallest absolute Gasteiger partial charge is 0.226 e. The first-order valence-corrected chi connectivity index (χ1v) is 7.87. The summed E-state index contributed by atoms with van der Waals surface area (Å²) in [4.78, 5) is 16.8. The molecule has 1 heterocycles. The summed E-state index contributed by atoms with van der Waals surface area (Å²) in [6.07, 6.45) is 0. The van der Waals surface area contributed by atoms with Crippen molar-refractivity contribution in [2.45, 2.75) is 40.3 Å². The number of nitrogens with one attached hydrogen (secondary N) is 1. The predicted octanol–water partition coefficient (Wildman–Crippen LogP) is -0.101. The zero-order valence-corrected chi connectivity index (χ0v) is 14.7. The molecule has 0 aliphatic heterocycles.